The van der Waals surface area contributed by atoms with Crippen molar-refractivity contribution >= 4 is 21.8 Å². The zero-order valence-corrected chi connectivity index (χ0v) is 13.9. The average Bonchev–Trinajstić information content (AvgIpc) is 2.26. The summed E-state index contributed by atoms with van der Waals surface area (Å²) in [6.07, 6.45) is 0. The van der Waals surface area contributed by atoms with Gasteiger partial charge in [-0.2, -0.15) is 0 Å². The minimum atomic E-state index is -0.0209. The molecule has 0 saturated carbocycles. The van der Waals surface area contributed by atoms with Crippen LogP contribution in [0.4, 0.5) is 0 Å². The van der Waals surface area contributed by atoms with Gasteiger partial charge in [-0.25, -0.2) is 0 Å². The third-order valence-electron chi connectivity index (χ3n) is 3.05. The van der Waals surface area contributed by atoms with Crippen LogP contribution in [0.3, 0.4) is 0 Å². The number of hydrogen-bond acceptors (Lipinski definition) is 2. The van der Waals surface area contributed by atoms with Crippen LogP contribution in [-0.4, -0.2) is 37.5 Å². The summed E-state index contributed by atoms with van der Waals surface area (Å²) in [7, 11) is 4.03. The fourth-order valence-corrected chi connectivity index (χ4v) is 2.54. The molecule has 19 heavy (non-hydrogen) atoms. The van der Waals surface area contributed by atoms with E-state index in [2.05, 4.69) is 40.0 Å². The SMILES string of the molecule is Cc1ccc(C(=O)NC(CN(C)C)C(C)C)c(Br)c1. The van der Waals surface area contributed by atoms with Crippen molar-refractivity contribution < 1.29 is 4.79 Å². The Morgan fingerprint density at radius 3 is 2.47 bits per heavy atom. The fourth-order valence-electron chi connectivity index (χ4n) is 1.87. The highest BCUT2D eigenvalue weighted by Crippen LogP contribution is 2.18. The number of rotatable bonds is 5. The van der Waals surface area contributed by atoms with Crippen molar-refractivity contribution in [1.82, 2.24) is 10.2 Å². The van der Waals surface area contributed by atoms with Crippen LogP contribution in [0.2, 0.25) is 0 Å². The number of benzene rings is 1. The first-order valence-corrected chi connectivity index (χ1v) is 7.32. The molecule has 1 aromatic rings. The van der Waals surface area contributed by atoms with Crippen molar-refractivity contribution in [3.05, 3.63) is 33.8 Å². The molecule has 0 aliphatic rings. The highest BCUT2D eigenvalue weighted by Gasteiger charge is 2.19. The minimum absolute atomic E-state index is 0.0209. The lowest BCUT2D eigenvalue weighted by molar-refractivity contribution is 0.0916. The zero-order valence-electron chi connectivity index (χ0n) is 12.3. The Morgan fingerprint density at radius 1 is 1.37 bits per heavy atom. The van der Waals surface area contributed by atoms with Gasteiger partial charge in [-0.1, -0.05) is 19.9 Å². The molecule has 0 aliphatic carbocycles. The lowest BCUT2D eigenvalue weighted by atomic mass is 10.0. The first kappa shape index (κ1) is 16.2. The van der Waals surface area contributed by atoms with Crippen LogP contribution < -0.4 is 5.32 Å². The van der Waals surface area contributed by atoms with E-state index in [0.717, 1.165) is 16.6 Å². The molecule has 1 N–H and O–H groups in total. The summed E-state index contributed by atoms with van der Waals surface area (Å²) in [5.74, 6) is 0.378. The molecule has 4 heteroatoms. The molecule has 0 heterocycles. The molecule has 1 amide bonds. The number of nitrogens with zero attached hydrogens (tertiary/aromatic N) is 1. The summed E-state index contributed by atoms with van der Waals surface area (Å²) in [6, 6.07) is 5.93. The number of amides is 1. The van der Waals surface area contributed by atoms with E-state index in [-0.39, 0.29) is 11.9 Å². The molecule has 1 atom stereocenters. The second-order valence-corrected chi connectivity index (χ2v) is 6.42. The molecule has 1 unspecified atom stereocenters. The number of likely N-dealkylation sites (N-methyl/N-ethyl adjacent to an activating group) is 1. The third kappa shape index (κ3) is 4.96. The number of carbonyl (C=O) groups is 1. The number of halogens is 1. The largest absolute Gasteiger partial charge is 0.348 e. The Morgan fingerprint density at radius 2 is 2.00 bits per heavy atom. The Labute approximate surface area is 124 Å². The predicted molar refractivity (Wildman–Crippen MR) is 83.5 cm³/mol. The van der Waals surface area contributed by atoms with Gasteiger partial charge in [0.15, 0.2) is 0 Å². The molecule has 1 aromatic carbocycles. The molecule has 0 bridgehead atoms. The molecule has 0 aromatic heterocycles. The standard InChI is InChI=1S/C15H23BrN2O/c1-10(2)14(9-18(4)5)17-15(19)12-7-6-11(3)8-13(12)16/h6-8,10,14H,9H2,1-5H3,(H,17,19). The predicted octanol–water partition coefficient (Wildman–Crippen LogP) is 3.07. The second-order valence-electron chi connectivity index (χ2n) is 5.57. The number of aryl methyl sites for hydroxylation is 1. The van der Waals surface area contributed by atoms with Gasteiger partial charge in [0.2, 0.25) is 0 Å². The Hall–Kier alpha value is -0.870. The van der Waals surface area contributed by atoms with Gasteiger partial charge < -0.3 is 10.2 Å². The quantitative estimate of drug-likeness (QED) is 0.901. The first-order chi connectivity index (χ1) is 8.81. The maximum absolute atomic E-state index is 12.3. The summed E-state index contributed by atoms with van der Waals surface area (Å²) in [6.45, 7) is 7.10. The smallest absolute Gasteiger partial charge is 0.252 e. The van der Waals surface area contributed by atoms with E-state index < -0.39 is 0 Å². The Balaban J connectivity index is 2.81. The van der Waals surface area contributed by atoms with Crippen LogP contribution >= 0.6 is 15.9 Å². The summed E-state index contributed by atoms with van der Waals surface area (Å²) in [5, 5.41) is 3.11. The molecule has 1 rings (SSSR count). The molecular weight excluding hydrogens is 304 g/mol. The molecule has 0 spiro atoms. The highest BCUT2D eigenvalue weighted by atomic mass is 79.9. The third-order valence-corrected chi connectivity index (χ3v) is 3.71. The van der Waals surface area contributed by atoms with Crippen molar-refractivity contribution in [2.45, 2.75) is 26.8 Å². The van der Waals surface area contributed by atoms with Crippen molar-refractivity contribution in [1.29, 1.82) is 0 Å². The maximum Gasteiger partial charge on any atom is 0.252 e. The Kier molecular flexibility index (Phi) is 6.01. The van der Waals surface area contributed by atoms with Gasteiger partial charge in [-0.05, 0) is 60.6 Å². The van der Waals surface area contributed by atoms with Crippen LogP contribution in [0, 0.1) is 12.8 Å². The topological polar surface area (TPSA) is 32.3 Å². The molecule has 106 valence electrons. The van der Waals surface area contributed by atoms with E-state index in [1.165, 1.54) is 0 Å². The molecular formula is C15H23BrN2O. The number of carbonyl (C=O) groups excluding carboxylic acids is 1. The summed E-state index contributed by atoms with van der Waals surface area (Å²) < 4.78 is 0.845. The lowest BCUT2D eigenvalue weighted by Gasteiger charge is -2.25. The van der Waals surface area contributed by atoms with Gasteiger partial charge in [0, 0.05) is 17.1 Å². The van der Waals surface area contributed by atoms with Crippen LogP contribution in [0.25, 0.3) is 0 Å². The van der Waals surface area contributed by atoms with Gasteiger partial charge in [0.1, 0.15) is 0 Å². The second kappa shape index (κ2) is 7.06. The van der Waals surface area contributed by atoms with Crippen molar-refractivity contribution in [2.75, 3.05) is 20.6 Å². The molecule has 0 fully saturated rings. The van der Waals surface area contributed by atoms with Crippen LogP contribution in [0.5, 0.6) is 0 Å². The number of hydrogen-bond donors (Lipinski definition) is 1. The minimum Gasteiger partial charge on any atom is -0.348 e. The van der Waals surface area contributed by atoms with Crippen molar-refractivity contribution in [3.8, 4) is 0 Å². The van der Waals surface area contributed by atoms with Gasteiger partial charge >= 0.3 is 0 Å². The first-order valence-electron chi connectivity index (χ1n) is 6.53. The van der Waals surface area contributed by atoms with Gasteiger partial charge in [0.25, 0.3) is 5.91 Å². The van der Waals surface area contributed by atoms with Gasteiger partial charge in [-0.3, -0.25) is 4.79 Å². The Bertz CT molecular complexity index is 444. The molecule has 3 nitrogen and oxygen atoms in total. The van der Waals surface area contributed by atoms with E-state index in [1.807, 2.05) is 39.2 Å². The van der Waals surface area contributed by atoms with Crippen LogP contribution in [0.1, 0.15) is 29.8 Å². The lowest BCUT2D eigenvalue weighted by Crippen LogP contribution is -2.45. The van der Waals surface area contributed by atoms with Crippen molar-refractivity contribution in [2.24, 2.45) is 5.92 Å². The summed E-state index contributed by atoms with van der Waals surface area (Å²) >= 11 is 3.45. The average molecular weight is 327 g/mol. The van der Waals surface area contributed by atoms with Gasteiger partial charge in [-0.15, -0.1) is 0 Å². The summed E-state index contributed by atoms with van der Waals surface area (Å²) in [5.41, 5.74) is 1.83. The van der Waals surface area contributed by atoms with E-state index in [4.69, 9.17) is 0 Å². The maximum atomic E-state index is 12.3. The van der Waals surface area contributed by atoms with E-state index in [9.17, 15) is 4.79 Å². The normalized spacial score (nSPS) is 12.8. The highest BCUT2D eigenvalue weighted by molar-refractivity contribution is 9.10. The van der Waals surface area contributed by atoms with Crippen LogP contribution in [-0.2, 0) is 0 Å². The molecule has 0 saturated heterocycles. The van der Waals surface area contributed by atoms with E-state index >= 15 is 0 Å². The summed E-state index contributed by atoms with van der Waals surface area (Å²) in [4.78, 5) is 14.4. The molecule has 0 radical (unpaired) electrons. The van der Waals surface area contributed by atoms with Crippen molar-refractivity contribution in [3.63, 3.8) is 0 Å². The fraction of sp³-hybridized carbons (Fsp3) is 0.533. The zero-order chi connectivity index (χ0) is 14.6. The van der Waals surface area contributed by atoms with Gasteiger partial charge in [0.05, 0.1) is 5.56 Å². The van der Waals surface area contributed by atoms with Crippen LogP contribution in [0.15, 0.2) is 22.7 Å². The molecule has 0 aliphatic heterocycles. The number of nitrogens with one attached hydrogen (secondary N) is 1. The monoisotopic (exact) mass is 326 g/mol. The van der Waals surface area contributed by atoms with E-state index in [1.54, 1.807) is 0 Å². The van der Waals surface area contributed by atoms with E-state index in [0.29, 0.717) is 11.5 Å².